The van der Waals surface area contributed by atoms with Crippen LogP contribution < -0.4 is 4.90 Å². The number of aromatic nitrogens is 1. The van der Waals surface area contributed by atoms with Gasteiger partial charge in [-0.05, 0) is 12.5 Å². The lowest BCUT2D eigenvalue weighted by molar-refractivity contribution is -0.150. The van der Waals surface area contributed by atoms with Crippen LogP contribution in [-0.4, -0.2) is 48.3 Å². The van der Waals surface area contributed by atoms with Gasteiger partial charge in [0.2, 0.25) is 0 Å². The second kappa shape index (κ2) is 6.49. The number of hydrogen-bond donors (Lipinski definition) is 0. The third kappa shape index (κ3) is 4.03. The molecule has 1 aliphatic rings. The van der Waals surface area contributed by atoms with Crippen molar-refractivity contribution in [3.05, 3.63) is 36.5 Å². The molecule has 3 rings (SSSR count). The number of alkyl halides is 3. The lowest BCUT2D eigenvalue weighted by Gasteiger charge is -2.39. The summed E-state index contributed by atoms with van der Waals surface area (Å²) in [6.07, 6.45) is -2.31. The Balaban J connectivity index is 1.67. The Hall–Kier alpha value is -1.60. The van der Waals surface area contributed by atoms with E-state index in [1.807, 2.05) is 43.5 Å². The van der Waals surface area contributed by atoms with Crippen molar-refractivity contribution in [2.45, 2.75) is 19.1 Å². The molecule has 0 bridgehead atoms. The largest absolute Gasteiger partial charge is 0.401 e. The zero-order valence-corrected chi connectivity index (χ0v) is 13.6. The summed E-state index contributed by atoms with van der Waals surface area (Å²) in [6.45, 7) is 2.54. The second-order valence-electron chi connectivity index (χ2n) is 5.75. The fourth-order valence-electron chi connectivity index (χ4n) is 2.78. The van der Waals surface area contributed by atoms with E-state index in [0.717, 1.165) is 15.6 Å². The average molecular weight is 341 g/mol. The quantitative estimate of drug-likeness (QED) is 0.844. The van der Waals surface area contributed by atoms with Crippen molar-refractivity contribution in [1.82, 2.24) is 9.88 Å². The van der Waals surface area contributed by atoms with E-state index >= 15 is 0 Å². The number of halogens is 3. The summed E-state index contributed by atoms with van der Waals surface area (Å²) in [6, 6.07) is 9.84. The Labute approximate surface area is 137 Å². The van der Waals surface area contributed by atoms with Crippen molar-refractivity contribution in [2.24, 2.45) is 0 Å². The SMILES string of the molecule is CC1CN(c2ncc(-c3ccccc3)s2)CCN1CC(F)(F)F. The predicted molar refractivity (Wildman–Crippen MR) is 86.9 cm³/mol. The molecular weight excluding hydrogens is 323 g/mol. The molecule has 0 radical (unpaired) electrons. The molecule has 1 aliphatic heterocycles. The molecule has 1 atom stereocenters. The molecular formula is C16H18F3N3S. The molecule has 23 heavy (non-hydrogen) atoms. The summed E-state index contributed by atoms with van der Waals surface area (Å²) in [5.74, 6) is 0. The highest BCUT2D eigenvalue weighted by atomic mass is 32.1. The van der Waals surface area contributed by atoms with Gasteiger partial charge in [0.25, 0.3) is 0 Å². The van der Waals surface area contributed by atoms with E-state index in [0.29, 0.717) is 19.6 Å². The molecule has 7 heteroatoms. The van der Waals surface area contributed by atoms with Gasteiger partial charge in [-0.25, -0.2) is 4.98 Å². The minimum atomic E-state index is -4.14. The molecule has 0 spiro atoms. The molecule has 2 aromatic rings. The standard InChI is InChI=1S/C16H18F3N3S/c1-12-10-21(7-8-22(12)11-16(17,18)19)15-20-9-14(23-15)13-5-3-2-4-6-13/h2-6,9,12H,7-8,10-11H2,1H3. The molecule has 2 heterocycles. The second-order valence-corrected chi connectivity index (χ2v) is 6.76. The van der Waals surface area contributed by atoms with Crippen molar-refractivity contribution in [3.63, 3.8) is 0 Å². The van der Waals surface area contributed by atoms with Gasteiger partial charge in [0.15, 0.2) is 5.13 Å². The Bertz CT molecular complexity index is 642. The van der Waals surface area contributed by atoms with E-state index in [4.69, 9.17) is 0 Å². The summed E-state index contributed by atoms with van der Waals surface area (Å²) in [5, 5.41) is 0.877. The molecule has 0 aliphatic carbocycles. The summed E-state index contributed by atoms with van der Waals surface area (Å²) < 4.78 is 37.7. The van der Waals surface area contributed by atoms with E-state index in [2.05, 4.69) is 9.88 Å². The van der Waals surface area contributed by atoms with Crippen molar-refractivity contribution in [1.29, 1.82) is 0 Å². The monoisotopic (exact) mass is 341 g/mol. The number of piperazine rings is 1. The van der Waals surface area contributed by atoms with Crippen molar-refractivity contribution in [2.75, 3.05) is 31.1 Å². The highest BCUT2D eigenvalue weighted by Crippen LogP contribution is 2.32. The van der Waals surface area contributed by atoms with Crippen molar-refractivity contribution < 1.29 is 13.2 Å². The Morgan fingerprint density at radius 2 is 1.96 bits per heavy atom. The van der Waals surface area contributed by atoms with Crippen LogP contribution in [0.2, 0.25) is 0 Å². The number of anilines is 1. The molecule has 1 fully saturated rings. The molecule has 1 aromatic heterocycles. The molecule has 1 saturated heterocycles. The highest BCUT2D eigenvalue weighted by Gasteiger charge is 2.35. The van der Waals surface area contributed by atoms with Gasteiger partial charge in [-0.1, -0.05) is 41.7 Å². The molecule has 0 saturated carbocycles. The van der Waals surface area contributed by atoms with Gasteiger partial charge >= 0.3 is 6.18 Å². The fraction of sp³-hybridized carbons (Fsp3) is 0.438. The Morgan fingerprint density at radius 1 is 1.22 bits per heavy atom. The number of rotatable bonds is 3. The molecule has 3 nitrogen and oxygen atoms in total. The highest BCUT2D eigenvalue weighted by molar-refractivity contribution is 7.18. The number of benzene rings is 1. The van der Waals surface area contributed by atoms with Gasteiger partial charge in [-0.2, -0.15) is 13.2 Å². The van der Waals surface area contributed by atoms with Gasteiger partial charge in [0, 0.05) is 31.9 Å². The van der Waals surface area contributed by atoms with Gasteiger partial charge in [-0.3, -0.25) is 4.90 Å². The number of hydrogen-bond acceptors (Lipinski definition) is 4. The van der Waals surface area contributed by atoms with E-state index in [1.165, 1.54) is 4.90 Å². The van der Waals surface area contributed by atoms with E-state index in [-0.39, 0.29) is 6.04 Å². The Kier molecular flexibility index (Phi) is 4.59. The summed E-state index contributed by atoms with van der Waals surface area (Å²) >= 11 is 1.58. The van der Waals surface area contributed by atoms with Crippen LogP contribution >= 0.6 is 11.3 Å². The third-order valence-electron chi connectivity index (χ3n) is 3.97. The molecule has 0 amide bonds. The topological polar surface area (TPSA) is 19.4 Å². The summed E-state index contributed by atoms with van der Waals surface area (Å²) in [5.41, 5.74) is 1.11. The van der Waals surface area contributed by atoms with Gasteiger partial charge in [0.05, 0.1) is 11.4 Å². The van der Waals surface area contributed by atoms with Crippen LogP contribution in [0.1, 0.15) is 6.92 Å². The van der Waals surface area contributed by atoms with E-state index in [9.17, 15) is 13.2 Å². The minimum absolute atomic E-state index is 0.144. The number of thiazole rings is 1. The van der Waals surface area contributed by atoms with Gasteiger partial charge in [0.1, 0.15) is 0 Å². The zero-order valence-electron chi connectivity index (χ0n) is 12.8. The van der Waals surface area contributed by atoms with Crippen molar-refractivity contribution in [3.8, 4) is 10.4 Å². The number of nitrogens with zero attached hydrogens (tertiary/aromatic N) is 3. The van der Waals surface area contributed by atoms with Crippen LogP contribution in [0.25, 0.3) is 10.4 Å². The minimum Gasteiger partial charge on any atom is -0.345 e. The maximum absolute atomic E-state index is 12.6. The van der Waals surface area contributed by atoms with Crippen LogP contribution in [0.15, 0.2) is 36.5 Å². The molecule has 124 valence electrons. The Morgan fingerprint density at radius 3 is 2.61 bits per heavy atom. The first-order valence-corrected chi connectivity index (χ1v) is 8.31. The smallest absolute Gasteiger partial charge is 0.345 e. The van der Waals surface area contributed by atoms with Crippen molar-refractivity contribution >= 4 is 16.5 Å². The summed E-state index contributed by atoms with van der Waals surface area (Å²) in [7, 11) is 0. The maximum atomic E-state index is 12.6. The first-order valence-electron chi connectivity index (χ1n) is 7.49. The van der Waals surface area contributed by atoms with Crippen LogP contribution in [-0.2, 0) is 0 Å². The van der Waals surface area contributed by atoms with Crippen LogP contribution in [0.5, 0.6) is 0 Å². The third-order valence-corrected chi connectivity index (χ3v) is 5.08. The summed E-state index contributed by atoms with van der Waals surface area (Å²) in [4.78, 5) is 9.10. The van der Waals surface area contributed by atoms with Gasteiger partial charge < -0.3 is 4.90 Å². The fourth-order valence-corrected chi connectivity index (χ4v) is 3.74. The van der Waals surface area contributed by atoms with Crippen LogP contribution in [0, 0.1) is 0 Å². The van der Waals surface area contributed by atoms with Crippen LogP contribution in [0.4, 0.5) is 18.3 Å². The average Bonchev–Trinajstić information content (AvgIpc) is 2.99. The lowest BCUT2D eigenvalue weighted by atomic mass is 10.2. The molecule has 1 aromatic carbocycles. The predicted octanol–water partition coefficient (Wildman–Crippen LogP) is 3.88. The first-order chi connectivity index (χ1) is 10.9. The molecule has 1 unspecified atom stereocenters. The van der Waals surface area contributed by atoms with E-state index in [1.54, 1.807) is 11.3 Å². The normalized spacial score (nSPS) is 20.0. The van der Waals surface area contributed by atoms with E-state index < -0.39 is 12.7 Å². The first kappa shape index (κ1) is 16.3. The maximum Gasteiger partial charge on any atom is 0.401 e. The van der Waals surface area contributed by atoms with Crippen LogP contribution in [0.3, 0.4) is 0 Å². The molecule has 0 N–H and O–H groups in total. The van der Waals surface area contributed by atoms with Gasteiger partial charge in [-0.15, -0.1) is 0 Å². The zero-order chi connectivity index (χ0) is 16.4. The lowest BCUT2D eigenvalue weighted by Crippen LogP contribution is -2.54.